The van der Waals surface area contributed by atoms with Gasteiger partial charge in [-0.05, 0) is 44.5 Å². The topological polar surface area (TPSA) is 32.3 Å². The monoisotopic (exact) mass is 334 g/mol. The Hall–Kier alpha value is -0.840. The predicted octanol–water partition coefficient (Wildman–Crippen LogP) is 3.04. The van der Waals surface area contributed by atoms with Gasteiger partial charge in [0.1, 0.15) is 5.82 Å². The zero-order valence-corrected chi connectivity index (χ0v) is 13.6. The maximum atomic E-state index is 13.7. The molecule has 0 spiro atoms. The molecule has 0 aliphatic carbocycles. The van der Waals surface area contributed by atoms with Crippen LogP contribution in [0.15, 0.2) is 18.2 Å². The van der Waals surface area contributed by atoms with Crippen molar-refractivity contribution < 1.29 is 9.18 Å². The van der Waals surface area contributed by atoms with Gasteiger partial charge in [-0.25, -0.2) is 4.39 Å². The van der Waals surface area contributed by atoms with Crippen molar-refractivity contribution in [2.24, 2.45) is 0 Å². The predicted molar refractivity (Wildman–Crippen MR) is 85.6 cm³/mol. The number of benzene rings is 1. The number of nitrogens with zero attached hydrogens (tertiary/aromatic N) is 1. The molecule has 21 heavy (non-hydrogen) atoms. The van der Waals surface area contributed by atoms with E-state index in [2.05, 4.69) is 5.32 Å². The quantitative estimate of drug-likeness (QED) is 0.921. The lowest BCUT2D eigenvalue weighted by Crippen LogP contribution is -2.38. The third kappa shape index (κ3) is 4.83. The summed E-state index contributed by atoms with van der Waals surface area (Å²) in [5.41, 5.74) is 0.290. The minimum absolute atomic E-state index is 0. The Morgan fingerprint density at radius 2 is 2.19 bits per heavy atom. The highest BCUT2D eigenvalue weighted by Crippen LogP contribution is 2.21. The van der Waals surface area contributed by atoms with Crippen LogP contribution in [0.3, 0.4) is 0 Å². The molecular formula is C15H21Cl2FN2O. The molecule has 1 aromatic carbocycles. The Morgan fingerprint density at radius 3 is 2.90 bits per heavy atom. The molecule has 0 radical (unpaired) electrons. The van der Waals surface area contributed by atoms with Gasteiger partial charge in [0.05, 0.1) is 6.42 Å². The van der Waals surface area contributed by atoms with Crippen LogP contribution in [0, 0.1) is 5.82 Å². The lowest BCUT2D eigenvalue weighted by atomic mass is 10.1. The van der Waals surface area contributed by atoms with Crippen molar-refractivity contribution >= 4 is 29.9 Å². The summed E-state index contributed by atoms with van der Waals surface area (Å²) in [6.07, 6.45) is 3.00. The van der Waals surface area contributed by atoms with E-state index in [1.807, 2.05) is 0 Å². The molecule has 1 heterocycles. The molecule has 1 aromatic rings. The minimum atomic E-state index is -0.415. The fourth-order valence-electron chi connectivity index (χ4n) is 2.57. The number of carbonyl (C=O) groups is 1. The van der Waals surface area contributed by atoms with Crippen molar-refractivity contribution in [1.29, 1.82) is 0 Å². The zero-order chi connectivity index (χ0) is 14.5. The van der Waals surface area contributed by atoms with E-state index in [9.17, 15) is 9.18 Å². The molecule has 1 fully saturated rings. The van der Waals surface area contributed by atoms with Crippen LogP contribution in [0.25, 0.3) is 0 Å². The number of hydrogen-bond donors (Lipinski definition) is 1. The van der Waals surface area contributed by atoms with E-state index in [1.165, 1.54) is 6.07 Å². The Morgan fingerprint density at radius 1 is 1.43 bits per heavy atom. The number of rotatable bonds is 3. The number of likely N-dealkylation sites (N-methyl/N-ethyl adjacent to an activating group) is 1. The fourth-order valence-corrected chi connectivity index (χ4v) is 2.80. The molecule has 1 atom stereocenters. The van der Waals surface area contributed by atoms with Crippen LogP contribution < -0.4 is 5.32 Å². The van der Waals surface area contributed by atoms with Gasteiger partial charge < -0.3 is 10.2 Å². The molecule has 0 aromatic heterocycles. The minimum Gasteiger partial charge on any atom is -0.342 e. The Bertz CT molecular complexity index is 456. The molecule has 1 aliphatic heterocycles. The van der Waals surface area contributed by atoms with Gasteiger partial charge in [0, 0.05) is 23.7 Å². The van der Waals surface area contributed by atoms with E-state index in [0.29, 0.717) is 5.02 Å². The first-order valence-electron chi connectivity index (χ1n) is 6.99. The van der Waals surface area contributed by atoms with Crippen LogP contribution in [0.2, 0.25) is 5.02 Å². The van der Waals surface area contributed by atoms with Gasteiger partial charge in [0.2, 0.25) is 5.91 Å². The summed E-state index contributed by atoms with van der Waals surface area (Å²) in [5, 5.41) is 3.63. The second-order valence-corrected chi connectivity index (χ2v) is 5.62. The third-order valence-corrected chi connectivity index (χ3v) is 4.23. The summed E-state index contributed by atoms with van der Waals surface area (Å²) >= 11 is 5.97. The fraction of sp³-hybridized carbons (Fsp3) is 0.533. The van der Waals surface area contributed by atoms with Crippen LogP contribution in [0.1, 0.15) is 24.8 Å². The lowest BCUT2D eigenvalue weighted by molar-refractivity contribution is -0.131. The van der Waals surface area contributed by atoms with Crippen LogP contribution >= 0.6 is 24.0 Å². The molecule has 0 saturated carbocycles. The number of halogens is 3. The number of hydrogen-bond acceptors (Lipinski definition) is 2. The smallest absolute Gasteiger partial charge is 0.227 e. The average Bonchev–Trinajstić information content (AvgIpc) is 2.71. The van der Waals surface area contributed by atoms with E-state index >= 15 is 0 Å². The van der Waals surface area contributed by atoms with Crippen LogP contribution in [-0.2, 0) is 11.2 Å². The molecule has 3 nitrogen and oxygen atoms in total. The van der Waals surface area contributed by atoms with Gasteiger partial charge >= 0.3 is 0 Å². The van der Waals surface area contributed by atoms with Crippen molar-refractivity contribution in [3.8, 4) is 0 Å². The highest BCUT2D eigenvalue weighted by Gasteiger charge is 2.22. The molecule has 1 saturated heterocycles. The molecule has 0 bridgehead atoms. The summed E-state index contributed by atoms with van der Waals surface area (Å²) in [5.74, 6) is -0.495. The molecule has 118 valence electrons. The maximum absolute atomic E-state index is 13.7. The van der Waals surface area contributed by atoms with Crippen molar-refractivity contribution in [1.82, 2.24) is 10.2 Å². The lowest BCUT2D eigenvalue weighted by Gasteiger charge is -2.27. The highest BCUT2D eigenvalue weighted by atomic mass is 35.5. The van der Waals surface area contributed by atoms with Gasteiger partial charge in [-0.15, -0.1) is 12.4 Å². The summed E-state index contributed by atoms with van der Waals surface area (Å²) < 4.78 is 13.7. The van der Waals surface area contributed by atoms with Gasteiger partial charge in [0.15, 0.2) is 0 Å². The standard InChI is InChI=1S/C15H20ClFN2O.ClH/c1-19(11-4-3-8-18-9-7-11)15(20)10-12-13(16)5-2-6-14(12)17;/h2,5-6,11,18H,3-4,7-10H2,1H3;1H. The molecule has 2 rings (SSSR count). The van der Waals surface area contributed by atoms with Crippen molar-refractivity contribution in [2.45, 2.75) is 31.7 Å². The van der Waals surface area contributed by atoms with E-state index < -0.39 is 5.82 Å². The average molecular weight is 335 g/mol. The maximum Gasteiger partial charge on any atom is 0.227 e. The normalized spacial score (nSPS) is 18.5. The summed E-state index contributed by atoms with van der Waals surface area (Å²) in [4.78, 5) is 14.1. The van der Waals surface area contributed by atoms with Gasteiger partial charge in [-0.2, -0.15) is 0 Å². The third-order valence-electron chi connectivity index (χ3n) is 3.88. The first kappa shape index (κ1) is 18.2. The second kappa shape index (κ2) is 8.57. The van der Waals surface area contributed by atoms with Gasteiger partial charge in [-0.3, -0.25) is 4.79 Å². The zero-order valence-electron chi connectivity index (χ0n) is 12.1. The SMILES string of the molecule is CN(C(=O)Cc1c(F)cccc1Cl)C1CCCNCC1.Cl. The largest absolute Gasteiger partial charge is 0.342 e. The Labute approximate surface area is 136 Å². The van der Waals surface area contributed by atoms with Gasteiger partial charge in [0.25, 0.3) is 0 Å². The number of carbonyl (C=O) groups excluding carboxylic acids is 1. The second-order valence-electron chi connectivity index (χ2n) is 5.22. The van der Waals surface area contributed by atoms with E-state index in [0.717, 1.165) is 32.4 Å². The van der Waals surface area contributed by atoms with Crippen LogP contribution in [0.4, 0.5) is 4.39 Å². The van der Waals surface area contributed by atoms with Crippen molar-refractivity contribution in [2.75, 3.05) is 20.1 Å². The first-order valence-corrected chi connectivity index (χ1v) is 7.36. The molecule has 1 unspecified atom stereocenters. The van der Waals surface area contributed by atoms with E-state index in [1.54, 1.807) is 24.1 Å². The Kier molecular flexibility index (Phi) is 7.43. The summed E-state index contributed by atoms with van der Waals surface area (Å²) in [6, 6.07) is 4.72. The summed E-state index contributed by atoms with van der Waals surface area (Å²) in [7, 11) is 1.80. The molecule has 1 amide bonds. The van der Waals surface area contributed by atoms with Crippen molar-refractivity contribution in [3.63, 3.8) is 0 Å². The van der Waals surface area contributed by atoms with E-state index in [-0.39, 0.29) is 36.3 Å². The molecular weight excluding hydrogens is 314 g/mol. The Balaban J connectivity index is 0.00000220. The van der Waals surface area contributed by atoms with Crippen LogP contribution in [0.5, 0.6) is 0 Å². The van der Waals surface area contributed by atoms with Crippen molar-refractivity contribution in [3.05, 3.63) is 34.6 Å². The highest BCUT2D eigenvalue weighted by molar-refractivity contribution is 6.31. The van der Waals surface area contributed by atoms with Gasteiger partial charge in [-0.1, -0.05) is 17.7 Å². The molecule has 1 aliphatic rings. The van der Waals surface area contributed by atoms with E-state index in [4.69, 9.17) is 11.6 Å². The first-order chi connectivity index (χ1) is 9.59. The summed E-state index contributed by atoms with van der Waals surface area (Å²) in [6.45, 7) is 1.92. The molecule has 6 heteroatoms. The number of amides is 1. The van der Waals surface area contributed by atoms with Crippen LogP contribution in [-0.4, -0.2) is 37.0 Å². The molecule has 1 N–H and O–H groups in total. The number of nitrogens with one attached hydrogen (secondary N) is 1.